The van der Waals surface area contributed by atoms with Gasteiger partial charge in [0.15, 0.2) is 5.58 Å². The summed E-state index contributed by atoms with van der Waals surface area (Å²) in [5, 5.41) is 0. The predicted octanol–water partition coefficient (Wildman–Crippen LogP) is 3.82. The Morgan fingerprint density at radius 2 is 2.25 bits per heavy atom. The Hall–Kier alpha value is -1.64. The van der Waals surface area contributed by atoms with Gasteiger partial charge in [-0.1, -0.05) is 13.8 Å². The Labute approximate surface area is 94.2 Å². The predicted molar refractivity (Wildman–Crippen MR) is 64.4 cm³/mol. The van der Waals surface area contributed by atoms with E-state index in [0.717, 1.165) is 29.6 Å². The van der Waals surface area contributed by atoms with E-state index >= 15 is 0 Å². The Kier molecular flexibility index (Phi) is 2.06. The Balaban J connectivity index is 2.27. The molecule has 1 aliphatic rings. The van der Waals surface area contributed by atoms with Crippen molar-refractivity contribution >= 4 is 22.5 Å². The van der Waals surface area contributed by atoms with E-state index in [2.05, 4.69) is 23.8 Å². The fourth-order valence-electron chi connectivity index (χ4n) is 2.51. The summed E-state index contributed by atoms with van der Waals surface area (Å²) in [5.74, 6) is 0.414. The van der Waals surface area contributed by atoms with Crippen LogP contribution >= 0.6 is 0 Å². The molecule has 82 valence electrons. The van der Waals surface area contributed by atoms with Crippen molar-refractivity contribution in [2.24, 2.45) is 4.99 Å². The second kappa shape index (κ2) is 3.44. The largest absolute Gasteiger partial charge is 0.462 e. The van der Waals surface area contributed by atoms with Crippen molar-refractivity contribution in [3.63, 3.8) is 0 Å². The van der Waals surface area contributed by atoms with Gasteiger partial charge in [-0.05, 0) is 12.8 Å². The first-order valence-corrected chi connectivity index (χ1v) is 5.78. The van der Waals surface area contributed by atoms with Crippen LogP contribution in [-0.2, 0) is 0 Å². The minimum absolute atomic E-state index is 0.414. The van der Waals surface area contributed by atoms with Gasteiger partial charge in [-0.2, -0.15) is 0 Å². The molecule has 0 fully saturated rings. The quantitative estimate of drug-likeness (QED) is 0.762. The summed E-state index contributed by atoms with van der Waals surface area (Å²) >= 11 is 0. The Bertz CT molecular complexity index is 568. The van der Waals surface area contributed by atoms with Crippen LogP contribution in [0.1, 0.15) is 38.2 Å². The van der Waals surface area contributed by atoms with Gasteiger partial charge in [-0.15, -0.1) is 0 Å². The number of aliphatic imine (C=N–C) groups is 1. The van der Waals surface area contributed by atoms with Crippen molar-refractivity contribution < 1.29 is 4.42 Å². The molecule has 0 N–H and O–H groups in total. The first-order chi connectivity index (χ1) is 7.85. The fourth-order valence-corrected chi connectivity index (χ4v) is 2.51. The van der Waals surface area contributed by atoms with Gasteiger partial charge in [-0.25, -0.2) is 0 Å². The van der Waals surface area contributed by atoms with Gasteiger partial charge in [-0.3, -0.25) is 9.98 Å². The highest BCUT2D eigenvalue weighted by atomic mass is 16.3. The van der Waals surface area contributed by atoms with Crippen LogP contribution < -0.4 is 0 Å². The van der Waals surface area contributed by atoms with Crippen molar-refractivity contribution in [3.8, 4) is 0 Å². The molecule has 1 atom stereocenters. The summed E-state index contributed by atoms with van der Waals surface area (Å²) in [6, 6.07) is 1.91. The number of hydrogen-bond acceptors (Lipinski definition) is 3. The number of fused-ring (bicyclic) bond motifs is 3. The summed E-state index contributed by atoms with van der Waals surface area (Å²) in [4.78, 5) is 9.00. The normalized spacial score (nSPS) is 18.9. The van der Waals surface area contributed by atoms with Gasteiger partial charge in [0.2, 0.25) is 0 Å². The van der Waals surface area contributed by atoms with E-state index in [1.54, 1.807) is 6.26 Å². The average molecular weight is 214 g/mol. The average Bonchev–Trinajstić information content (AvgIpc) is 2.90. The van der Waals surface area contributed by atoms with Crippen molar-refractivity contribution in [1.82, 2.24) is 4.98 Å². The summed E-state index contributed by atoms with van der Waals surface area (Å²) in [7, 11) is 0. The molecular weight excluding hydrogens is 200 g/mol. The molecule has 0 aromatic carbocycles. The number of aromatic nitrogens is 1. The maximum Gasteiger partial charge on any atom is 0.158 e. The lowest BCUT2D eigenvalue weighted by molar-refractivity contribution is 0.608. The molecule has 3 nitrogen and oxygen atoms in total. The maximum absolute atomic E-state index is 5.55. The van der Waals surface area contributed by atoms with Crippen LogP contribution in [0.15, 0.2) is 27.9 Å². The summed E-state index contributed by atoms with van der Waals surface area (Å²) in [5.41, 5.74) is 5.32. The highest BCUT2D eigenvalue weighted by Gasteiger charge is 2.28. The smallest absolute Gasteiger partial charge is 0.158 e. The highest BCUT2D eigenvalue weighted by Crippen LogP contribution is 2.42. The van der Waals surface area contributed by atoms with Gasteiger partial charge in [0.25, 0.3) is 0 Å². The van der Waals surface area contributed by atoms with Crippen LogP contribution in [-0.4, -0.2) is 10.7 Å². The molecule has 2 aromatic heterocycles. The summed E-state index contributed by atoms with van der Waals surface area (Å²) in [6.45, 7) is 4.35. The van der Waals surface area contributed by atoms with E-state index in [1.165, 1.54) is 11.3 Å². The molecular formula is C13H14N2O. The van der Waals surface area contributed by atoms with Gasteiger partial charge in [0.05, 0.1) is 18.1 Å². The highest BCUT2D eigenvalue weighted by molar-refractivity contribution is 6.02. The molecule has 0 radical (unpaired) electrons. The SMILES string of the molecule is CCC1=Nc2cnc3ccoc3c2C1CC. The minimum atomic E-state index is 0.414. The fraction of sp³-hybridized carbons (Fsp3) is 0.385. The van der Waals surface area contributed by atoms with Crippen molar-refractivity contribution in [2.75, 3.05) is 0 Å². The Morgan fingerprint density at radius 1 is 1.38 bits per heavy atom. The van der Waals surface area contributed by atoms with Crippen molar-refractivity contribution in [2.45, 2.75) is 32.6 Å². The van der Waals surface area contributed by atoms with E-state index in [0.29, 0.717) is 5.92 Å². The van der Waals surface area contributed by atoms with Crippen molar-refractivity contribution in [3.05, 3.63) is 24.1 Å². The molecule has 0 aliphatic carbocycles. The topological polar surface area (TPSA) is 38.4 Å². The molecule has 0 spiro atoms. The van der Waals surface area contributed by atoms with Crippen LogP contribution in [0.25, 0.3) is 11.1 Å². The molecule has 0 saturated heterocycles. The third-order valence-electron chi connectivity index (χ3n) is 3.28. The summed E-state index contributed by atoms with van der Waals surface area (Å²) in [6.07, 6.45) is 5.63. The van der Waals surface area contributed by atoms with E-state index in [-0.39, 0.29) is 0 Å². The second-order valence-corrected chi connectivity index (χ2v) is 4.11. The second-order valence-electron chi connectivity index (χ2n) is 4.11. The van der Waals surface area contributed by atoms with Gasteiger partial charge in [0.1, 0.15) is 5.52 Å². The van der Waals surface area contributed by atoms with Crippen LogP contribution in [0.2, 0.25) is 0 Å². The zero-order chi connectivity index (χ0) is 11.1. The lowest BCUT2D eigenvalue weighted by Gasteiger charge is -2.10. The standard InChI is InChI=1S/C13H14N2O/c1-3-8-9(4-2)15-11-7-14-10-5-6-16-13(10)12(8)11/h5-8H,3-4H2,1-2H3. The molecule has 1 unspecified atom stereocenters. The molecule has 0 saturated carbocycles. The number of nitrogens with zero attached hydrogens (tertiary/aromatic N) is 2. The van der Waals surface area contributed by atoms with Crippen LogP contribution in [0, 0.1) is 0 Å². The molecule has 16 heavy (non-hydrogen) atoms. The van der Waals surface area contributed by atoms with Gasteiger partial charge in [0, 0.05) is 23.3 Å². The van der Waals surface area contributed by atoms with Crippen LogP contribution in [0.3, 0.4) is 0 Å². The Morgan fingerprint density at radius 3 is 3.00 bits per heavy atom. The number of hydrogen-bond donors (Lipinski definition) is 0. The lowest BCUT2D eigenvalue weighted by Crippen LogP contribution is -2.06. The molecule has 3 heterocycles. The molecule has 0 amide bonds. The van der Waals surface area contributed by atoms with Crippen molar-refractivity contribution in [1.29, 1.82) is 0 Å². The third kappa shape index (κ3) is 1.14. The minimum Gasteiger partial charge on any atom is -0.462 e. The molecule has 3 rings (SSSR count). The molecule has 2 aromatic rings. The first-order valence-electron chi connectivity index (χ1n) is 5.78. The molecule has 0 bridgehead atoms. The van der Waals surface area contributed by atoms with Gasteiger partial charge < -0.3 is 4.42 Å². The van der Waals surface area contributed by atoms with E-state index in [1.807, 2.05) is 12.3 Å². The maximum atomic E-state index is 5.55. The van der Waals surface area contributed by atoms with Crippen LogP contribution in [0.5, 0.6) is 0 Å². The number of furan rings is 1. The van der Waals surface area contributed by atoms with E-state index in [9.17, 15) is 0 Å². The first kappa shape index (κ1) is 9.58. The number of pyridine rings is 1. The lowest BCUT2D eigenvalue weighted by atomic mass is 9.92. The van der Waals surface area contributed by atoms with Crippen LogP contribution in [0.4, 0.5) is 5.69 Å². The molecule has 3 heteroatoms. The summed E-state index contributed by atoms with van der Waals surface area (Å²) < 4.78 is 5.55. The third-order valence-corrected chi connectivity index (χ3v) is 3.28. The van der Waals surface area contributed by atoms with E-state index < -0.39 is 0 Å². The molecule has 1 aliphatic heterocycles. The monoisotopic (exact) mass is 214 g/mol. The van der Waals surface area contributed by atoms with E-state index in [4.69, 9.17) is 4.42 Å². The van der Waals surface area contributed by atoms with Gasteiger partial charge >= 0.3 is 0 Å². The zero-order valence-electron chi connectivity index (χ0n) is 9.53. The number of rotatable bonds is 2. The zero-order valence-corrected chi connectivity index (χ0v) is 9.53.